The summed E-state index contributed by atoms with van der Waals surface area (Å²) in [5.74, 6) is -0.694. The van der Waals surface area contributed by atoms with Crippen molar-refractivity contribution in [3.05, 3.63) is 106 Å². The fraction of sp³-hybridized carbons (Fsp3) is 0.0455. The van der Waals surface area contributed by atoms with Crippen LogP contribution in [0.4, 0.5) is 0 Å². The van der Waals surface area contributed by atoms with Crippen molar-refractivity contribution in [1.29, 1.82) is 0 Å². The number of nitrogens with zero attached hydrogens (tertiary/aromatic N) is 2. The smallest absolute Gasteiger partial charge is 0.267 e. The lowest BCUT2D eigenvalue weighted by Crippen LogP contribution is -2.33. The van der Waals surface area contributed by atoms with Crippen molar-refractivity contribution in [1.82, 2.24) is 14.4 Å². The van der Waals surface area contributed by atoms with Crippen LogP contribution in [0.2, 0.25) is 5.02 Å². The molecular formula is C22H17ClN4O4S. The van der Waals surface area contributed by atoms with Gasteiger partial charge in [-0.1, -0.05) is 54.1 Å². The molecule has 1 aromatic heterocycles. The van der Waals surface area contributed by atoms with Gasteiger partial charge < -0.3 is 0 Å². The molecule has 32 heavy (non-hydrogen) atoms. The molecule has 10 heteroatoms. The molecule has 0 atom stereocenters. The Morgan fingerprint density at radius 1 is 1.00 bits per heavy atom. The van der Waals surface area contributed by atoms with Crippen molar-refractivity contribution >= 4 is 38.4 Å². The van der Waals surface area contributed by atoms with Crippen LogP contribution in [0, 0.1) is 0 Å². The van der Waals surface area contributed by atoms with E-state index in [1.807, 2.05) is 6.07 Å². The van der Waals surface area contributed by atoms with E-state index in [0.29, 0.717) is 10.9 Å². The van der Waals surface area contributed by atoms with Gasteiger partial charge in [0, 0.05) is 12.1 Å². The summed E-state index contributed by atoms with van der Waals surface area (Å²) >= 11 is 6.10. The van der Waals surface area contributed by atoms with E-state index in [9.17, 15) is 18.0 Å². The lowest BCUT2D eigenvalue weighted by atomic mass is 10.2. The van der Waals surface area contributed by atoms with Gasteiger partial charge in [-0.05, 0) is 35.9 Å². The van der Waals surface area contributed by atoms with Crippen LogP contribution >= 0.6 is 11.6 Å². The minimum atomic E-state index is -4.00. The number of hydrogen-bond acceptors (Lipinski definition) is 5. The third-order valence-electron chi connectivity index (χ3n) is 4.68. The summed E-state index contributed by atoms with van der Waals surface area (Å²) in [6.45, 7) is 0.0636. The standard InChI is InChI=1S/C22H17ClN4O4S/c23-18-11-10-16(12-20(18)32(30,31)25-13-15-6-2-1-3-7-15)21(28)26-27-14-24-19-9-5-4-8-17(19)22(27)29/h1-12,14,25H,13H2,(H,26,28). The summed E-state index contributed by atoms with van der Waals surface area (Å²) in [4.78, 5) is 29.2. The van der Waals surface area contributed by atoms with Gasteiger partial charge >= 0.3 is 0 Å². The van der Waals surface area contributed by atoms with E-state index in [4.69, 9.17) is 11.6 Å². The average molecular weight is 469 g/mol. The first-order chi connectivity index (χ1) is 15.3. The van der Waals surface area contributed by atoms with Gasteiger partial charge in [0.1, 0.15) is 11.2 Å². The summed E-state index contributed by atoms with van der Waals surface area (Å²) in [7, 11) is -4.00. The largest absolute Gasteiger partial charge is 0.280 e. The summed E-state index contributed by atoms with van der Waals surface area (Å²) < 4.78 is 28.9. The number of nitrogens with one attached hydrogen (secondary N) is 2. The van der Waals surface area contributed by atoms with E-state index in [2.05, 4.69) is 15.1 Å². The summed E-state index contributed by atoms with van der Waals surface area (Å²) in [5.41, 5.74) is 3.23. The Morgan fingerprint density at radius 2 is 1.72 bits per heavy atom. The fourth-order valence-corrected chi connectivity index (χ4v) is 4.57. The predicted molar refractivity (Wildman–Crippen MR) is 122 cm³/mol. The normalized spacial score (nSPS) is 11.4. The van der Waals surface area contributed by atoms with Crippen LogP contribution in [0.15, 0.2) is 88.8 Å². The van der Waals surface area contributed by atoms with Crippen molar-refractivity contribution in [2.45, 2.75) is 11.4 Å². The number of hydrogen-bond donors (Lipinski definition) is 2. The molecule has 3 aromatic carbocycles. The first-order valence-corrected chi connectivity index (χ1v) is 11.3. The Balaban J connectivity index is 1.59. The fourth-order valence-electron chi connectivity index (χ4n) is 3.03. The molecule has 8 nitrogen and oxygen atoms in total. The van der Waals surface area contributed by atoms with Crippen LogP contribution < -0.4 is 15.7 Å². The Labute approximate surface area is 188 Å². The molecule has 162 valence electrons. The molecule has 1 amide bonds. The maximum atomic E-state index is 12.8. The van der Waals surface area contributed by atoms with Gasteiger partial charge in [0.05, 0.1) is 15.9 Å². The summed E-state index contributed by atoms with van der Waals surface area (Å²) in [6, 6.07) is 19.5. The molecule has 4 aromatic rings. The second-order valence-corrected chi connectivity index (χ2v) is 8.98. The van der Waals surface area contributed by atoms with Crippen molar-refractivity contribution in [3.8, 4) is 0 Å². The maximum absolute atomic E-state index is 12.8. The lowest BCUT2D eigenvalue weighted by Gasteiger charge is -2.12. The minimum Gasteiger partial charge on any atom is -0.267 e. The van der Waals surface area contributed by atoms with Crippen LogP contribution in [-0.4, -0.2) is 24.0 Å². The zero-order valence-electron chi connectivity index (χ0n) is 16.5. The number of carbonyl (C=O) groups is 1. The van der Waals surface area contributed by atoms with Crippen LogP contribution in [0.1, 0.15) is 15.9 Å². The van der Waals surface area contributed by atoms with Gasteiger partial charge in [0.15, 0.2) is 0 Å². The quantitative estimate of drug-likeness (QED) is 0.452. The van der Waals surface area contributed by atoms with Crippen LogP contribution in [0.25, 0.3) is 10.9 Å². The molecule has 2 N–H and O–H groups in total. The minimum absolute atomic E-state index is 0.00884. The summed E-state index contributed by atoms with van der Waals surface area (Å²) in [6.07, 6.45) is 1.19. The van der Waals surface area contributed by atoms with Crippen LogP contribution in [0.5, 0.6) is 0 Å². The number of sulfonamides is 1. The van der Waals surface area contributed by atoms with Crippen molar-refractivity contribution in [3.63, 3.8) is 0 Å². The molecule has 0 aliphatic rings. The topological polar surface area (TPSA) is 110 Å². The molecule has 0 aliphatic carbocycles. The predicted octanol–water partition coefficient (Wildman–Crippen LogP) is 2.91. The SMILES string of the molecule is O=C(Nn1cnc2ccccc2c1=O)c1ccc(Cl)c(S(=O)(=O)NCc2ccccc2)c1. The highest BCUT2D eigenvalue weighted by molar-refractivity contribution is 7.89. The third kappa shape index (κ3) is 4.54. The highest BCUT2D eigenvalue weighted by Crippen LogP contribution is 2.23. The molecule has 0 unspecified atom stereocenters. The molecule has 0 spiro atoms. The maximum Gasteiger partial charge on any atom is 0.280 e. The molecule has 0 bridgehead atoms. The third-order valence-corrected chi connectivity index (χ3v) is 6.56. The number of amides is 1. The highest BCUT2D eigenvalue weighted by atomic mass is 35.5. The Bertz CT molecular complexity index is 1470. The Kier molecular flexibility index (Phi) is 6.04. The van der Waals surface area contributed by atoms with E-state index in [-0.39, 0.29) is 22.0 Å². The number of carbonyl (C=O) groups excluding carboxylic acids is 1. The second-order valence-electron chi connectivity index (χ2n) is 6.83. The Morgan fingerprint density at radius 3 is 2.50 bits per heavy atom. The van der Waals surface area contributed by atoms with E-state index < -0.39 is 21.5 Å². The first kappa shape index (κ1) is 21.7. The Hall–Kier alpha value is -3.53. The van der Waals surface area contributed by atoms with E-state index in [1.165, 1.54) is 18.5 Å². The molecular weight excluding hydrogens is 452 g/mol. The lowest BCUT2D eigenvalue weighted by molar-refractivity contribution is 0.101. The van der Waals surface area contributed by atoms with Crippen LogP contribution in [-0.2, 0) is 16.6 Å². The van der Waals surface area contributed by atoms with Crippen molar-refractivity contribution in [2.75, 3.05) is 5.43 Å². The number of benzene rings is 3. The molecule has 0 saturated carbocycles. The summed E-state index contributed by atoms with van der Waals surface area (Å²) in [5, 5.41) is 0.298. The number of aromatic nitrogens is 2. The van der Waals surface area contributed by atoms with Gasteiger partial charge in [-0.15, -0.1) is 0 Å². The molecule has 0 radical (unpaired) electrons. The van der Waals surface area contributed by atoms with Gasteiger partial charge in [-0.3, -0.25) is 15.0 Å². The van der Waals surface area contributed by atoms with Crippen molar-refractivity contribution in [2.24, 2.45) is 0 Å². The van der Waals surface area contributed by atoms with E-state index >= 15 is 0 Å². The second kappa shape index (κ2) is 8.91. The van der Waals surface area contributed by atoms with Crippen molar-refractivity contribution < 1.29 is 13.2 Å². The van der Waals surface area contributed by atoms with Crippen LogP contribution in [0.3, 0.4) is 0 Å². The molecule has 0 aliphatic heterocycles. The average Bonchev–Trinajstić information content (AvgIpc) is 2.80. The number of fused-ring (bicyclic) bond motifs is 1. The van der Waals surface area contributed by atoms with Gasteiger partial charge in [-0.25, -0.2) is 22.8 Å². The van der Waals surface area contributed by atoms with E-state index in [0.717, 1.165) is 16.3 Å². The number of para-hydroxylation sites is 1. The van der Waals surface area contributed by atoms with Gasteiger partial charge in [0.25, 0.3) is 11.5 Å². The monoisotopic (exact) mass is 468 g/mol. The first-order valence-electron chi connectivity index (χ1n) is 9.46. The highest BCUT2D eigenvalue weighted by Gasteiger charge is 2.20. The zero-order chi connectivity index (χ0) is 22.7. The van der Waals surface area contributed by atoms with Gasteiger partial charge in [0.2, 0.25) is 10.0 Å². The molecule has 0 saturated heterocycles. The molecule has 1 heterocycles. The molecule has 4 rings (SSSR count). The zero-order valence-corrected chi connectivity index (χ0v) is 18.1. The number of halogens is 1. The number of rotatable bonds is 6. The van der Waals surface area contributed by atoms with E-state index in [1.54, 1.807) is 48.5 Å². The molecule has 0 fully saturated rings. The van der Waals surface area contributed by atoms with Gasteiger partial charge in [-0.2, -0.15) is 0 Å².